The van der Waals surface area contributed by atoms with Crippen molar-refractivity contribution in [1.82, 2.24) is 15.5 Å². The van der Waals surface area contributed by atoms with E-state index in [9.17, 15) is 0 Å². The molecule has 0 radical (unpaired) electrons. The van der Waals surface area contributed by atoms with Crippen molar-refractivity contribution in [2.75, 3.05) is 57.4 Å². The zero-order chi connectivity index (χ0) is 22.0. The number of anilines is 1. The topological polar surface area (TPSA) is 52.1 Å². The van der Waals surface area contributed by atoms with Crippen LogP contribution in [0.4, 0.5) is 5.69 Å². The number of aliphatic imine (C=N–C) groups is 1. The van der Waals surface area contributed by atoms with Gasteiger partial charge in [-0.1, -0.05) is 42.5 Å². The number of likely N-dealkylation sites (tertiary alicyclic amines) is 1. The standard InChI is InChI=1S/C26H37N5O.HI/c1-2-27-26(28-20-22-10-12-24(13-11-22)30-16-18-32-19-17-30)29-21-25(31-14-6-7-15-31)23-8-4-3-5-9-23;/h3-5,8-13,25H,2,6-7,14-21H2,1H3,(H2,27,28,29);1H. The highest BCUT2D eigenvalue weighted by atomic mass is 127. The summed E-state index contributed by atoms with van der Waals surface area (Å²) >= 11 is 0. The van der Waals surface area contributed by atoms with Gasteiger partial charge in [0.2, 0.25) is 0 Å². The molecule has 0 saturated carbocycles. The number of ether oxygens (including phenoxy) is 1. The number of nitrogens with one attached hydrogen (secondary N) is 2. The van der Waals surface area contributed by atoms with E-state index in [4.69, 9.17) is 9.73 Å². The fourth-order valence-corrected chi connectivity index (χ4v) is 4.53. The number of nitrogens with zero attached hydrogens (tertiary/aromatic N) is 3. The minimum atomic E-state index is 0. The fraction of sp³-hybridized carbons (Fsp3) is 0.500. The highest BCUT2D eigenvalue weighted by Gasteiger charge is 2.23. The summed E-state index contributed by atoms with van der Waals surface area (Å²) in [5.41, 5.74) is 3.86. The predicted molar refractivity (Wildman–Crippen MR) is 148 cm³/mol. The summed E-state index contributed by atoms with van der Waals surface area (Å²) in [5, 5.41) is 7.02. The van der Waals surface area contributed by atoms with Crippen LogP contribution in [0, 0.1) is 0 Å². The van der Waals surface area contributed by atoms with Gasteiger partial charge in [0, 0.05) is 31.9 Å². The summed E-state index contributed by atoms with van der Waals surface area (Å²) < 4.78 is 5.46. The van der Waals surface area contributed by atoms with Crippen LogP contribution in [-0.2, 0) is 11.3 Å². The molecule has 2 saturated heterocycles. The van der Waals surface area contributed by atoms with Gasteiger partial charge in [0.1, 0.15) is 0 Å². The maximum atomic E-state index is 5.46. The zero-order valence-electron chi connectivity index (χ0n) is 19.7. The van der Waals surface area contributed by atoms with Crippen LogP contribution < -0.4 is 15.5 Å². The van der Waals surface area contributed by atoms with Crippen molar-refractivity contribution in [3.63, 3.8) is 0 Å². The van der Waals surface area contributed by atoms with E-state index in [1.54, 1.807) is 0 Å². The Kier molecular flexibility index (Phi) is 10.8. The third kappa shape index (κ3) is 7.58. The van der Waals surface area contributed by atoms with E-state index < -0.39 is 0 Å². The first-order valence-corrected chi connectivity index (χ1v) is 12.1. The number of guanidine groups is 1. The molecule has 2 aliphatic heterocycles. The molecule has 0 bridgehead atoms. The van der Waals surface area contributed by atoms with Crippen molar-refractivity contribution in [2.45, 2.75) is 32.4 Å². The Bertz CT molecular complexity index is 834. The van der Waals surface area contributed by atoms with Crippen LogP contribution >= 0.6 is 24.0 Å². The maximum Gasteiger partial charge on any atom is 0.191 e. The number of hydrogen-bond acceptors (Lipinski definition) is 4. The number of halogens is 1. The Hall–Kier alpha value is -1.84. The first-order chi connectivity index (χ1) is 15.8. The number of hydrogen-bond donors (Lipinski definition) is 2. The minimum absolute atomic E-state index is 0. The van der Waals surface area contributed by atoms with Crippen LogP contribution in [0.15, 0.2) is 59.6 Å². The molecule has 4 rings (SSSR count). The Labute approximate surface area is 215 Å². The van der Waals surface area contributed by atoms with Crippen LogP contribution in [0.2, 0.25) is 0 Å². The van der Waals surface area contributed by atoms with E-state index in [1.807, 2.05) is 0 Å². The highest BCUT2D eigenvalue weighted by Crippen LogP contribution is 2.24. The van der Waals surface area contributed by atoms with Crippen LogP contribution in [0.1, 0.15) is 36.9 Å². The van der Waals surface area contributed by atoms with Gasteiger partial charge in [-0.15, -0.1) is 24.0 Å². The second-order valence-electron chi connectivity index (χ2n) is 8.51. The molecule has 0 spiro atoms. The SMILES string of the molecule is CCNC(=NCc1ccc(N2CCOCC2)cc1)NCC(c1ccccc1)N1CCCC1.I. The molecule has 1 unspecified atom stereocenters. The summed E-state index contributed by atoms with van der Waals surface area (Å²) in [7, 11) is 0. The average Bonchev–Trinajstić information content (AvgIpc) is 3.39. The lowest BCUT2D eigenvalue weighted by atomic mass is 10.1. The molecular formula is C26H38IN5O. The van der Waals surface area contributed by atoms with Crippen LogP contribution in [-0.4, -0.2) is 63.3 Å². The molecule has 2 heterocycles. The Morgan fingerprint density at radius 2 is 1.64 bits per heavy atom. The van der Waals surface area contributed by atoms with Gasteiger partial charge in [0.25, 0.3) is 0 Å². The van der Waals surface area contributed by atoms with Crippen LogP contribution in [0.5, 0.6) is 0 Å². The van der Waals surface area contributed by atoms with Crippen molar-refractivity contribution in [3.8, 4) is 0 Å². The molecular weight excluding hydrogens is 525 g/mol. The van der Waals surface area contributed by atoms with E-state index in [0.29, 0.717) is 12.6 Å². The predicted octanol–water partition coefficient (Wildman–Crippen LogP) is 4.03. The largest absolute Gasteiger partial charge is 0.378 e. The average molecular weight is 564 g/mol. The molecule has 1 atom stereocenters. The van der Waals surface area contributed by atoms with Gasteiger partial charge in [0.15, 0.2) is 5.96 Å². The van der Waals surface area contributed by atoms with Crippen molar-refractivity contribution in [1.29, 1.82) is 0 Å². The molecule has 2 N–H and O–H groups in total. The molecule has 6 nitrogen and oxygen atoms in total. The third-order valence-electron chi connectivity index (χ3n) is 6.31. The van der Waals surface area contributed by atoms with Gasteiger partial charge >= 0.3 is 0 Å². The summed E-state index contributed by atoms with van der Waals surface area (Å²) in [4.78, 5) is 9.83. The lowest BCUT2D eigenvalue weighted by Crippen LogP contribution is -2.42. The van der Waals surface area contributed by atoms with Gasteiger partial charge in [-0.25, -0.2) is 4.99 Å². The third-order valence-corrected chi connectivity index (χ3v) is 6.31. The minimum Gasteiger partial charge on any atom is -0.378 e. The van der Waals surface area contributed by atoms with Crippen molar-refractivity contribution < 1.29 is 4.74 Å². The maximum absolute atomic E-state index is 5.46. The number of rotatable bonds is 8. The molecule has 2 aromatic carbocycles. The zero-order valence-corrected chi connectivity index (χ0v) is 22.0. The van der Waals surface area contributed by atoms with Crippen molar-refractivity contribution in [2.24, 2.45) is 4.99 Å². The molecule has 7 heteroatoms. The van der Waals surface area contributed by atoms with Crippen LogP contribution in [0.3, 0.4) is 0 Å². The van der Waals surface area contributed by atoms with E-state index in [-0.39, 0.29) is 24.0 Å². The molecule has 33 heavy (non-hydrogen) atoms. The molecule has 0 amide bonds. The summed E-state index contributed by atoms with van der Waals surface area (Å²) in [5.74, 6) is 0.880. The lowest BCUT2D eigenvalue weighted by Gasteiger charge is -2.29. The first kappa shape index (κ1) is 25.8. The lowest BCUT2D eigenvalue weighted by molar-refractivity contribution is 0.122. The van der Waals surface area contributed by atoms with Gasteiger partial charge in [-0.05, 0) is 56.1 Å². The highest BCUT2D eigenvalue weighted by molar-refractivity contribution is 14.0. The molecule has 0 aromatic heterocycles. The smallest absolute Gasteiger partial charge is 0.191 e. The van der Waals surface area contributed by atoms with Gasteiger partial charge in [-0.2, -0.15) is 0 Å². The molecule has 180 valence electrons. The number of benzene rings is 2. The van der Waals surface area contributed by atoms with Crippen molar-refractivity contribution in [3.05, 3.63) is 65.7 Å². The number of morpholine rings is 1. The summed E-state index contributed by atoms with van der Waals surface area (Å²) in [6, 6.07) is 20.0. The van der Waals surface area contributed by atoms with E-state index in [2.05, 4.69) is 82.0 Å². The van der Waals surface area contributed by atoms with Gasteiger partial charge in [-0.3, -0.25) is 4.90 Å². The quantitative estimate of drug-likeness (QED) is 0.289. The van der Waals surface area contributed by atoms with Crippen molar-refractivity contribution >= 4 is 35.6 Å². The Morgan fingerprint density at radius 1 is 0.939 bits per heavy atom. The fourth-order valence-electron chi connectivity index (χ4n) is 4.53. The molecule has 2 aromatic rings. The van der Waals surface area contributed by atoms with E-state index in [1.165, 1.54) is 42.7 Å². The first-order valence-electron chi connectivity index (χ1n) is 12.1. The summed E-state index contributed by atoms with van der Waals surface area (Å²) in [6.45, 7) is 10.4. The Balaban J connectivity index is 0.00000306. The molecule has 2 aliphatic rings. The second-order valence-corrected chi connectivity index (χ2v) is 8.51. The van der Waals surface area contributed by atoms with Crippen LogP contribution in [0.25, 0.3) is 0 Å². The molecule has 2 fully saturated rings. The van der Waals surface area contributed by atoms with Gasteiger partial charge in [0.05, 0.1) is 25.8 Å². The normalized spacial score (nSPS) is 18.0. The Morgan fingerprint density at radius 3 is 2.30 bits per heavy atom. The second kappa shape index (κ2) is 13.8. The van der Waals surface area contributed by atoms with E-state index in [0.717, 1.165) is 45.4 Å². The molecule has 0 aliphatic carbocycles. The van der Waals surface area contributed by atoms with E-state index >= 15 is 0 Å². The van der Waals surface area contributed by atoms with Gasteiger partial charge < -0.3 is 20.3 Å². The monoisotopic (exact) mass is 563 g/mol. The summed E-state index contributed by atoms with van der Waals surface area (Å²) in [6.07, 6.45) is 2.58.